The first-order valence-electron chi connectivity index (χ1n) is 4.86. The first-order valence-corrected chi connectivity index (χ1v) is 4.86. The van der Waals surface area contributed by atoms with Gasteiger partial charge in [0.1, 0.15) is 5.78 Å². The van der Waals surface area contributed by atoms with Crippen LogP contribution in [0.4, 0.5) is 0 Å². The number of carboxylic acid groups (broad SMARTS) is 1. The summed E-state index contributed by atoms with van der Waals surface area (Å²) >= 11 is 0. The smallest absolute Gasteiger partial charge is 0.307 e. The van der Waals surface area contributed by atoms with E-state index in [1.165, 1.54) is 6.92 Å². The lowest BCUT2D eigenvalue weighted by molar-refractivity contribution is -0.149. The van der Waals surface area contributed by atoms with Crippen LogP contribution in [-0.2, 0) is 9.59 Å². The molecule has 0 aromatic rings. The normalized spacial score (nSPS) is 36.8. The Morgan fingerprint density at radius 1 is 1.07 bits per heavy atom. The summed E-state index contributed by atoms with van der Waals surface area (Å²) in [7, 11) is 0. The van der Waals surface area contributed by atoms with Crippen LogP contribution in [0.3, 0.4) is 0 Å². The van der Waals surface area contributed by atoms with Crippen LogP contribution < -0.4 is 0 Å². The molecule has 0 bridgehead atoms. The summed E-state index contributed by atoms with van der Waals surface area (Å²) in [5.74, 6) is -1.85. The topological polar surface area (TPSA) is 54.4 Å². The van der Waals surface area contributed by atoms with E-state index in [9.17, 15) is 9.59 Å². The third kappa shape index (κ3) is 1.86. The van der Waals surface area contributed by atoms with Crippen molar-refractivity contribution in [1.29, 1.82) is 0 Å². The van der Waals surface area contributed by atoms with Crippen LogP contribution in [0, 0.1) is 23.7 Å². The zero-order valence-corrected chi connectivity index (χ0v) is 8.73. The first-order chi connectivity index (χ1) is 6.45. The minimum atomic E-state index is -0.867. The molecule has 14 heavy (non-hydrogen) atoms. The van der Waals surface area contributed by atoms with Crippen LogP contribution >= 0.6 is 0 Å². The molecule has 78 valence electrons. The molecule has 0 aromatic heterocycles. The highest BCUT2D eigenvalue weighted by molar-refractivity contribution is 5.85. The lowest BCUT2D eigenvalue weighted by atomic mass is 9.70. The van der Waals surface area contributed by atoms with Crippen LogP contribution in [-0.4, -0.2) is 16.9 Å². The Kier molecular flexibility index (Phi) is 3.09. The number of Topliss-reactive ketones (excluding diaryl/α,β-unsaturated/α-hetero) is 1. The SMILES string of the molecule is CC(=O)C1C(C)C=CC(C)C1C(=O)O. The number of allylic oxidation sites excluding steroid dienone is 2. The molecule has 0 radical (unpaired) electrons. The lowest BCUT2D eigenvalue weighted by Crippen LogP contribution is -2.38. The number of rotatable bonds is 2. The van der Waals surface area contributed by atoms with Crippen LogP contribution in [0.2, 0.25) is 0 Å². The number of hydrogen-bond donors (Lipinski definition) is 1. The standard InChI is InChI=1S/C11H16O3/c1-6-4-5-7(2)10(11(13)14)9(6)8(3)12/h4-7,9-10H,1-3H3,(H,13,14). The summed E-state index contributed by atoms with van der Waals surface area (Å²) in [6, 6.07) is 0. The van der Waals surface area contributed by atoms with E-state index in [0.717, 1.165) is 0 Å². The highest BCUT2D eigenvalue weighted by atomic mass is 16.4. The number of ketones is 1. The quantitative estimate of drug-likeness (QED) is 0.684. The minimum absolute atomic E-state index is 0.0268. The van der Waals surface area contributed by atoms with Crippen LogP contribution in [0.5, 0.6) is 0 Å². The summed E-state index contributed by atoms with van der Waals surface area (Å²) in [5, 5.41) is 9.06. The maximum Gasteiger partial charge on any atom is 0.307 e. The van der Waals surface area contributed by atoms with Gasteiger partial charge in [-0.1, -0.05) is 26.0 Å². The zero-order chi connectivity index (χ0) is 10.9. The van der Waals surface area contributed by atoms with E-state index in [0.29, 0.717) is 0 Å². The van der Waals surface area contributed by atoms with Gasteiger partial charge in [-0.3, -0.25) is 9.59 Å². The van der Waals surface area contributed by atoms with E-state index < -0.39 is 11.9 Å². The van der Waals surface area contributed by atoms with E-state index in [2.05, 4.69) is 0 Å². The lowest BCUT2D eigenvalue weighted by Gasteiger charge is -2.32. The molecule has 1 N–H and O–H groups in total. The largest absolute Gasteiger partial charge is 0.481 e. The van der Waals surface area contributed by atoms with Crippen molar-refractivity contribution < 1.29 is 14.7 Å². The molecule has 1 rings (SSSR count). The van der Waals surface area contributed by atoms with E-state index in [1.807, 2.05) is 26.0 Å². The molecular weight excluding hydrogens is 180 g/mol. The van der Waals surface area contributed by atoms with Crippen LogP contribution in [0.15, 0.2) is 12.2 Å². The van der Waals surface area contributed by atoms with E-state index >= 15 is 0 Å². The summed E-state index contributed by atoms with van der Waals surface area (Å²) in [6.07, 6.45) is 3.83. The van der Waals surface area contributed by atoms with Gasteiger partial charge in [0.15, 0.2) is 0 Å². The Balaban J connectivity index is 3.02. The number of carbonyl (C=O) groups excluding carboxylic acids is 1. The highest BCUT2D eigenvalue weighted by Crippen LogP contribution is 2.34. The van der Waals surface area contributed by atoms with Gasteiger partial charge in [-0.2, -0.15) is 0 Å². The fraction of sp³-hybridized carbons (Fsp3) is 0.636. The molecule has 0 amide bonds. The predicted octanol–water partition coefficient (Wildman–Crippen LogP) is 1.73. The minimum Gasteiger partial charge on any atom is -0.481 e. The molecule has 0 heterocycles. The van der Waals surface area contributed by atoms with E-state index in [4.69, 9.17) is 5.11 Å². The second kappa shape index (κ2) is 3.95. The van der Waals surface area contributed by atoms with Gasteiger partial charge in [-0.25, -0.2) is 0 Å². The molecule has 3 nitrogen and oxygen atoms in total. The van der Waals surface area contributed by atoms with Crippen molar-refractivity contribution in [2.75, 3.05) is 0 Å². The van der Waals surface area contributed by atoms with Gasteiger partial charge >= 0.3 is 5.97 Å². The molecular formula is C11H16O3. The van der Waals surface area contributed by atoms with Gasteiger partial charge in [-0.15, -0.1) is 0 Å². The Labute approximate surface area is 83.8 Å². The number of hydrogen-bond acceptors (Lipinski definition) is 2. The Hall–Kier alpha value is -1.12. The molecule has 0 saturated carbocycles. The molecule has 4 unspecified atom stereocenters. The fourth-order valence-electron chi connectivity index (χ4n) is 2.25. The third-order valence-electron chi connectivity index (χ3n) is 2.99. The molecule has 4 atom stereocenters. The van der Waals surface area contributed by atoms with Crippen molar-refractivity contribution in [2.24, 2.45) is 23.7 Å². The summed E-state index contributed by atoms with van der Waals surface area (Å²) in [6.45, 7) is 5.21. The summed E-state index contributed by atoms with van der Waals surface area (Å²) < 4.78 is 0. The van der Waals surface area contributed by atoms with Crippen molar-refractivity contribution in [2.45, 2.75) is 20.8 Å². The summed E-state index contributed by atoms with van der Waals surface area (Å²) in [4.78, 5) is 22.4. The number of aliphatic carboxylic acids is 1. The van der Waals surface area contributed by atoms with Crippen LogP contribution in [0.1, 0.15) is 20.8 Å². The average molecular weight is 196 g/mol. The Morgan fingerprint density at radius 2 is 1.50 bits per heavy atom. The van der Waals surface area contributed by atoms with Gasteiger partial charge in [-0.05, 0) is 18.8 Å². The maximum atomic E-state index is 11.4. The molecule has 1 aliphatic rings. The molecule has 0 fully saturated rings. The highest BCUT2D eigenvalue weighted by Gasteiger charge is 2.39. The summed E-state index contributed by atoms with van der Waals surface area (Å²) in [5.41, 5.74) is 0. The number of carbonyl (C=O) groups is 2. The van der Waals surface area contributed by atoms with Crippen molar-refractivity contribution in [3.63, 3.8) is 0 Å². The van der Waals surface area contributed by atoms with Crippen molar-refractivity contribution in [1.82, 2.24) is 0 Å². The van der Waals surface area contributed by atoms with Gasteiger partial charge in [0.05, 0.1) is 5.92 Å². The van der Waals surface area contributed by atoms with Crippen LogP contribution in [0.25, 0.3) is 0 Å². The van der Waals surface area contributed by atoms with Gasteiger partial charge in [0.2, 0.25) is 0 Å². The van der Waals surface area contributed by atoms with Crippen molar-refractivity contribution in [3.05, 3.63) is 12.2 Å². The fourth-order valence-corrected chi connectivity index (χ4v) is 2.25. The number of carboxylic acids is 1. The third-order valence-corrected chi connectivity index (χ3v) is 2.99. The molecule has 3 heteroatoms. The Bertz CT molecular complexity index is 252. The molecule has 0 aromatic carbocycles. The zero-order valence-electron chi connectivity index (χ0n) is 8.73. The van der Waals surface area contributed by atoms with Gasteiger partial charge in [0, 0.05) is 5.92 Å². The first kappa shape index (κ1) is 11.0. The molecule has 1 aliphatic carbocycles. The van der Waals surface area contributed by atoms with Gasteiger partial charge in [0.25, 0.3) is 0 Å². The van der Waals surface area contributed by atoms with E-state index in [-0.39, 0.29) is 23.5 Å². The average Bonchev–Trinajstić information content (AvgIpc) is 2.07. The monoisotopic (exact) mass is 196 g/mol. The van der Waals surface area contributed by atoms with Crippen molar-refractivity contribution >= 4 is 11.8 Å². The maximum absolute atomic E-state index is 11.4. The molecule has 0 spiro atoms. The van der Waals surface area contributed by atoms with Crippen molar-refractivity contribution in [3.8, 4) is 0 Å². The van der Waals surface area contributed by atoms with Gasteiger partial charge < -0.3 is 5.11 Å². The molecule has 0 saturated heterocycles. The second-order valence-corrected chi connectivity index (χ2v) is 4.10. The predicted molar refractivity (Wildman–Crippen MR) is 52.8 cm³/mol. The second-order valence-electron chi connectivity index (χ2n) is 4.10. The van der Waals surface area contributed by atoms with E-state index in [1.54, 1.807) is 0 Å². The molecule has 0 aliphatic heterocycles. The Morgan fingerprint density at radius 3 is 1.79 bits per heavy atom.